The molecule has 18 heavy (non-hydrogen) atoms. The number of aliphatic hydroxyl groups is 1. The number of rotatable bonds is 3. The molecule has 1 aromatic carbocycles. The number of hydrogen-bond donors (Lipinski definition) is 3. The molecule has 10 nitrogen and oxygen atoms in total. The number of nitrogens with zero attached hydrogens (tertiary/aromatic N) is 2. The Kier molecular flexibility index (Phi) is 5.17. The topological polar surface area (TPSA) is 164 Å². The second-order valence-electron chi connectivity index (χ2n) is 2.68. The van der Waals surface area contributed by atoms with Gasteiger partial charge in [0.15, 0.2) is 0 Å². The number of carboxylic acid groups (broad SMARTS) is 1. The molecule has 0 atom stereocenters. The molecule has 0 unspecified atom stereocenters. The van der Waals surface area contributed by atoms with E-state index in [1.165, 1.54) is 0 Å². The molecule has 0 fully saturated rings. The predicted octanol–water partition coefficient (Wildman–Crippen LogP) is 0.515. The molecule has 10 heteroatoms. The fraction of sp³-hybridized carbons (Fsp3) is 0.125. The van der Waals surface area contributed by atoms with Gasteiger partial charge in [-0.2, -0.15) is 0 Å². The number of carboxylic acids is 1. The molecule has 0 aromatic heterocycles. The average molecular weight is 260 g/mol. The number of nitro benzene ring substituents is 2. The van der Waals surface area contributed by atoms with Crippen molar-refractivity contribution in [2.24, 2.45) is 0 Å². The second-order valence-corrected chi connectivity index (χ2v) is 2.68. The highest BCUT2D eigenvalue weighted by atomic mass is 16.6. The lowest BCUT2D eigenvalue weighted by molar-refractivity contribution is -0.394. The van der Waals surface area contributed by atoms with E-state index in [0.29, 0.717) is 12.1 Å². The highest BCUT2D eigenvalue weighted by Crippen LogP contribution is 2.34. The Hall–Kier alpha value is -2.75. The van der Waals surface area contributed by atoms with E-state index in [4.69, 9.17) is 10.2 Å². The van der Waals surface area contributed by atoms with Gasteiger partial charge in [-0.3, -0.25) is 20.2 Å². The number of nitro groups is 2. The van der Waals surface area contributed by atoms with Crippen molar-refractivity contribution in [3.8, 4) is 5.75 Å². The van der Waals surface area contributed by atoms with E-state index >= 15 is 0 Å². The van der Waals surface area contributed by atoms with Crippen LogP contribution in [-0.4, -0.2) is 38.2 Å². The Balaban J connectivity index is 0.00000137. The molecule has 0 bridgehead atoms. The molecular formula is C8H8N2O8. The van der Waals surface area contributed by atoms with Crippen LogP contribution < -0.4 is 0 Å². The molecule has 1 rings (SSSR count). The zero-order chi connectivity index (χ0) is 14.5. The Bertz CT molecular complexity index is 463. The molecule has 0 heterocycles. The largest absolute Gasteiger partial charge is 0.501 e. The standard InChI is InChI=1S/C7H4N2O7.CH4O/c10-6-4(7(11)12)1-3(8(13)14)2-5(6)9(15)16;1-2/h1-2,10H,(H,11,12);2H,1H3. The normalized spacial score (nSPS) is 9.00. The number of aliphatic hydroxyl groups excluding tert-OH is 1. The van der Waals surface area contributed by atoms with Gasteiger partial charge in [0, 0.05) is 13.2 Å². The SMILES string of the molecule is CO.O=C(O)c1cc([N+](=O)[O-])cc([N+](=O)[O-])c1O. The predicted molar refractivity (Wildman–Crippen MR) is 56.5 cm³/mol. The second kappa shape index (κ2) is 6.10. The molecule has 0 amide bonds. The fourth-order valence-corrected chi connectivity index (χ4v) is 1.01. The average Bonchev–Trinajstić information content (AvgIpc) is 2.30. The summed E-state index contributed by atoms with van der Waals surface area (Å²) in [6, 6.07) is 1.03. The van der Waals surface area contributed by atoms with Crippen LogP contribution in [0.5, 0.6) is 5.75 Å². The van der Waals surface area contributed by atoms with E-state index in [1.807, 2.05) is 0 Å². The minimum absolute atomic E-state index is 0.488. The minimum atomic E-state index is -1.69. The third kappa shape index (κ3) is 3.12. The molecule has 0 aliphatic rings. The number of aromatic carboxylic acids is 1. The maximum Gasteiger partial charge on any atom is 0.340 e. The lowest BCUT2D eigenvalue weighted by Crippen LogP contribution is -2.02. The van der Waals surface area contributed by atoms with Gasteiger partial charge in [0.05, 0.1) is 15.9 Å². The van der Waals surface area contributed by atoms with Gasteiger partial charge in [0.2, 0.25) is 5.75 Å². The van der Waals surface area contributed by atoms with E-state index in [-0.39, 0.29) is 0 Å². The number of benzene rings is 1. The summed E-state index contributed by atoms with van der Waals surface area (Å²) in [6.45, 7) is 0. The van der Waals surface area contributed by atoms with Crippen LogP contribution in [0.3, 0.4) is 0 Å². The molecular weight excluding hydrogens is 252 g/mol. The van der Waals surface area contributed by atoms with Gasteiger partial charge in [-0.15, -0.1) is 0 Å². The number of non-ortho nitro benzene ring substituents is 1. The highest BCUT2D eigenvalue weighted by molar-refractivity contribution is 5.93. The minimum Gasteiger partial charge on any atom is -0.501 e. The van der Waals surface area contributed by atoms with Crippen LogP contribution in [0.25, 0.3) is 0 Å². The lowest BCUT2D eigenvalue weighted by Gasteiger charge is -2.00. The molecule has 1 aromatic rings. The van der Waals surface area contributed by atoms with Crippen molar-refractivity contribution in [2.75, 3.05) is 7.11 Å². The number of hydrogen-bond acceptors (Lipinski definition) is 7. The summed E-state index contributed by atoms with van der Waals surface area (Å²) in [6.07, 6.45) is 0. The van der Waals surface area contributed by atoms with Crippen molar-refractivity contribution in [3.05, 3.63) is 37.9 Å². The van der Waals surface area contributed by atoms with E-state index in [1.54, 1.807) is 0 Å². The Morgan fingerprint density at radius 2 is 1.67 bits per heavy atom. The Morgan fingerprint density at radius 3 is 2.00 bits per heavy atom. The lowest BCUT2D eigenvalue weighted by atomic mass is 10.1. The fourth-order valence-electron chi connectivity index (χ4n) is 1.01. The Morgan fingerprint density at radius 1 is 1.17 bits per heavy atom. The van der Waals surface area contributed by atoms with E-state index in [0.717, 1.165) is 7.11 Å². The van der Waals surface area contributed by atoms with Gasteiger partial charge in [0.1, 0.15) is 5.56 Å². The first-order valence-corrected chi connectivity index (χ1v) is 4.18. The van der Waals surface area contributed by atoms with Crippen LogP contribution >= 0.6 is 0 Å². The monoisotopic (exact) mass is 260 g/mol. The van der Waals surface area contributed by atoms with Crippen LogP contribution in [-0.2, 0) is 0 Å². The van der Waals surface area contributed by atoms with Crippen molar-refractivity contribution in [3.63, 3.8) is 0 Å². The summed E-state index contributed by atoms with van der Waals surface area (Å²) in [7, 11) is 1.00. The molecule has 0 aliphatic carbocycles. The maximum absolute atomic E-state index is 10.6. The first-order valence-electron chi connectivity index (χ1n) is 4.18. The molecule has 0 aliphatic heterocycles. The van der Waals surface area contributed by atoms with Crippen LogP contribution in [0.4, 0.5) is 11.4 Å². The van der Waals surface area contributed by atoms with Crippen molar-refractivity contribution >= 4 is 17.3 Å². The smallest absolute Gasteiger partial charge is 0.340 e. The van der Waals surface area contributed by atoms with E-state index < -0.39 is 38.5 Å². The Labute approximate surface area is 99.0 Å². The van der Waals surface area contributed by atoms with Gasteiger partial charge in [0.25, 0.3) is 5.69 Å². The van der Waals surface area contributed by atoms with Crippen LogP contribution in [0, 0.1) is 20.2 Å². The summed E-state index contributed by atoms with van der Waals surface area (Å²) in [5, 5.41) is 45.5. The van der Waals surface area contributed by atoms with Crippen molar-refractivity contribution < 1.29 is 30.0 Å². The first kappa shape index (κ1) is 15.2. The zero-order valence-corrected chi connectivity index (χ0v) is 8.93. The van der Waals surface area contributed by atoms with Gasteiger partial charge < -0.3 is 15.3 Å². The molecule has 0 spiro atoms. The van der Waals surface area contributed by atoms with Crippen LogP contribution in [0.1, 0.15) is 10.4 Å². The third-order valence-corrected chi connectivity index (χ3v) is 1.71. The summed E-state index contributed by atoms with van der Waals surface area (Å²) in [5.74, 6) is -2.80. The summed E-state index contributed by atoms with van der Waals surface area (Å²) >= 11 is 0. The maximum atomic E-state index is 10.6. The quantitative estimate of drug-likeness (QED) is 0.522. The van der Waals surface area contributed by atoms with Crippen molar-refractivity contribution in [1.29, 1.82) is 0 Å². The summed E-state index contributed by atoms with van der Waals surface area (Å²) in [4.78, 5) is 29.2. The summed E-state index contributed by atoms with van der Waals surface area (Å²) in [5.41, 5.74) is -2.69. The van der Waals surface area contributed by atoms with Gasteiger partial charge in [-0.05, 0) is 0 Å². The van der Waals surface area contributed by atoms with Crippen molar-refractivity contribution in [2.45, 2.75) is 0 Å². The molecule has 3 N–H and O–H groups in total. The summed E-state index contributed by atoms with van der Waals surface area (Å²) < 4.78 is 0. The molecule has 0 saturated heterocycles. The number of phenols is 1. The molecule has 0 saturated carbocycles. The number of carbonyl (C=O) groups is 1. The molecule has 98 valence electrons. The van der Waals surface area contributed by atoms with E-state index in [9.17, 15) is 30.1 Å². The van der Waals surface area contributed by atoms with Crippen molar-refractivity contribution in [1.82, 2.24) is 0 Å². The zero-order valence-electron chi connectivity index (χ0n) is 8.93. The first-order chi connectivity index (χ1) is 8.34. The van der Waals surface area contributed by atoms with Gasteiger partial charge >= 0.3 is 11.7 Å². The van der Waals surface area contributed by atoms with Crippen LogP contribution in [0.2, 0.25) is 0 Å². The van der Waals surface area contributed by atoms with Crippen LogP contribution in [0.15, 0.2) is 12.1 Å². The third-order valence-electron chi connectivity index (χ3n) is 1.71. The van der Waals surface area contributed by atoms with E-state index in [2.05, 4.69) is 0 Å². The molecule has 0 radical (unpaired) electrons. The van der Waals surface area contributed by atoms with Gasteiger partial charge in [-0.1, -0.05) is 0 Å². The highest BCUT2D eigenvalue weighted by Gasteiger charge is 2.26. The van der Waals surface area contributed by atoms with Gasteiger partial charge in [-0.25, -0.2) is 4.79 Å². The number of aromatic hydroxyl groups is 1.